The molecule has 0 bridgehead atoms. The average Bonchev–Trinajstić information content (AvgIpc) is 2.76. The number of rotatable bonds is 4. The Bertz CT molecular complexity index is 356. The molecule has 0 radical (unpaired) electrons. The van der Waals surface area contributed by atoms with Crippen molar-refractivity contribution in [2.24, 2.45) is 7.05 Å². The van der Waals surface area contributed by atoms with E-state index in [-0.39, 0.29) is 5.60 Å². The number of aliphatic hydroxyl groups is 1. The number of aliphatic hydroxyl groups excluding tert-OH is 1. The maximum atomic E-state index is 10.4. The molecule has 0 saturated heterocycles. The van der Waals surface area contributed by atoms with Crippen LogP contribution in [0.4, 0.5) is 0 Å². The van der Waals surface area contributed by atoms with Crippen LogP contribution < -0.4 is 0 Å². The monoisotopic (exact) mass is 238 g/mol. The fourth-order valence-electron chi connectivity index (χ4n) is 2.78. The van der Waals surface area contributed by atoms with Crippen LogP contribution in [0.25, 0.3) is 0 Å². The Hall–Kier alpha value is -0.870. The summed E-state index contributed by atoms with van der Waals surface area (Å²) in [5.41, 5.74) is -0.357. The first-order chi connectivity index (χ1) is 8.18. The summed E-state index contributed by atoms with van der Waals surface area (Å²) in [6.45, 7) is 0. The third-order valence-corrected chi connectivity index (χ3v) is 4.01. The van der Waals surface area contributed by atoms with Gasteiger partial charge in [-0.3, -0.25) is 0 Å². The fourth-order valence-corrected chi connectivity index (χ4v) is 2.78. The van der Waals surface area contributed by atoms with Gasteiger partial charge in [-0.05, 0) is 12.8 Å². The van der Waals surface area contributed by atoms with Crippen molar-refractivity contribution in [2.75, 3.05) is 7.11 Å². The van der Waals surface area contributed by atoms with Crippen LogP contribution in [-0.4, -0.2) is 33.5 Å². The van der Waals surface area contributed by atoms with Crippen molar-refractivity contribution in [1.82, 2.24) is 9.55 Å². The van der Waals surface area contributed by atoms with E-state index in [0.29, 0.717) is 6.42 Å². The molecular formula is C13H22N2O2. The van der Waals surface area contributed by atoms with Crippen molar-refractivity contribution in [3.8, 4) is 0 Å². The number of ether oxygens (including phenoxy) is 1. The summed E-state index contributed by atoms with van der Waals surface area (Å²) in [4.78, 5) is 4.26. The van der Waals surface area contributed by atoms with E-state index in [1.54, 1.807) is 13.3 Å². The van der Waals surface area contributed by atoms with Crippen molar-refractivity contribution >= 4 is 0 Å². The van der Waals surface area contributed by atoms with Gasteiger partial charge >= 0.3 is 0 Å². The molecule has 1 aromatic heterocycles. The molecule has 1 unspecified atom stereocenters. The lowest BCUT2D eigenvalue weighted by molar-refractivity contribution is -0.122. The van der Waals surface area contributed by atoms with Crippen molar-refractivity contribution in [3.63, 3.8) is 0 Å². The molecular weight excluding hydrogens is 216 g/mol. The molecule has 2 rings (SSSR count). The Labute approximate surface area is 103 Å². The highest BCUT2D eigenvalue weighted by atomic mass is 16.5. The van der Waals surface area contributed by atoms with Crippen LogP contribution in [0.15, 0.2) is 12.4 Å². The van der Waals surface area contributed by atoms with Gasteiger partial charge in [0.1, 0.15) is 5.82 Å². The minimum absolute atomic E-state index is 0.357. The van der Waals surface area contributed by atoms with Crippen LogP contribution in [0, 0.1) is 0 Å². The van der Waals surface area contributed by atoms with E-state index in [1.807, 2.05) is 17.8 Å². The molecule has 17 heavy (non-hydrogen) atoms. The molecule has 0 aromatic carbocycles. The molecule has 1 atom stereocenters. The van der Waals surface area contributed by atoms with E-state index in [1.165, 1.54) is 6.42 Å². The normalized spacial score (nSPS) is 21.4. The van der Waals surface area contributed by atoms with Crippen molar-refractivity contribution < 1.29 is 9.84 Å². The minimum Gasteiger partial charge on any atom is -0.390 e. The SMILES string of the molecule is COC1(C(O)Cc2nccn2C)CCCCC1. The predicted octanol–water partition coefficient (Wildman–Crippen LogP) is 1.67. The first kappa shape index (κ1) is 12.6. The maximum Gasteiger partial charge on any atom is 0.111 e. The third kappa shape index (κ3) is 2.53. The molecule has 4 heteroatoms. The highest BCUT2D eigenvalue weighted by Gasteiger charge is 2.39. The summed E-state index contributed by atoms with van der Waals surface area (Å²) in [6, 6.07) is 0. The Morgan fingerprint density at radius 3 is 2.71 bits per heavy atom. The smallest absolute Gasteiger partial charge is 0.111 e. The Balaban J connectivity index is 2.07. The lowest BCUT2D eigenvalue weighted by Crippen LogP contribution is -2.47. The number of methoxy groups -OCH3 is 1. The van der Waals surface area contributed by atoms with Gasteiger partial charge in [-0.1, -0.05) is 19.3 Å². The molecule has 4 nitrogen and oxygen atoms in total. The van der Waals surface area contributed by atoms with Crippen LogP contribution in [0.1, 0.15) is 37.9 Å². The van der Waals surface area contributed by atoms with Gasteiger partial charge in [0.25, 0.3) is 0 Å². The summed E-state index contributed by atoms with van der Waals surface area (Å²) >= 11 is 0. The van der Waals surface area contributed by atoms with Gasteiger partial charge in [-0.15, -0.1) is 0 Å². The van der Waals surface area contributed by atoms with Crippen LogP contribution in [0.2, 0.25) is 0 Å². The second-order valence-corrected chi connectivity index (χ2v) is 5.00. The second-order valence-electron chi connectivity index (χ2n) is 5.00. The van der Waals surface area contributed by atoms with Crippen LogP contribution >= 0.6 is 0 Å². The Morgan fingerprint density at radius 2 is 2.18 bits per heavy atom. The molecule has 1 heterocycles. The summed E-state index contributed by atoms with van der Waals surface area (Å²) in [7, 11) is 3.67. The topological polar surface area (TPSA) is 47.3 Å². The molecule has 1 saturated carbocycles. The molecule has 0 spiro atoms. The van der Waals surface area contributed by atoms with Gasteiger partial charge in [0, 0.05) is 33.0 Å². The molecule has 1 aliphatic rings. The zero-order valence-corrected chi connectivity index (χ0v) is 10.7. The summed E-state index contributed by atoms with van der Waals surface area (Å²) in [5, 5.41) is 10.4. The molecule has 0 aliphatic heterocycles. The number of aromatic nitrogens is 2. The first-order valence-electron chi connectivity index (χ1n) is 6.37. The zero-order valence-electron chi connectivity index (χ0n) is 10.7. The van der Waals surface area contributed by atoms with E-state index in [0.717, 1.165) is 31.5 Å². The summed E-state index contributed by atoms with van der Waals surface area (Å²) < 4.78 is 7.60. The highest BCUT2D eigenvalue weighted by molar-refractivity contribution is 4.99. The van der Waals surface area contributed by atoms with Crippen molar-refractivity contribution in [3.05, 3.63) is 18.2 Å². The summed E-state index contributed by atoms with van der Waals surface area (Å²) in [5.74, 6) is 0.916. The lowest BCUT2D eigenvalue weighted by atomic mass is 9.79. The van der Waals surface area contributed by atoms with E-state index in [2.05, 4.69) is 4.98 Å². The van der Waals surface area contributed by atoms with Gasteiger partial charge in [0.05, 0.1) is 11.7 Å². The molecule has 1 aromatic rings. The van der Waals surface area contributed by atoms with Crippen molar-refractivity contribution in [2.45, 2.75) is 50.2 Å². The lowest BCUT2D eigenvalue weighted by Gasteiger charge is -2.39. The molecule has 1 fully saturated rings. The predicted molar refractivity (Wildman–Crippen MR) is 65.7 cm³/mol. The standard InChI is InChI=1S/C13H22N2O2/c1-15-9-8-14-12(15)10-11(16)13(17-2)6-4-3-5-7-13/h8-9,11,16H,3-7,10H2,1-2H3. The zero-order chi connectivity index (χ0) is 12.3. The fraction of sp³-hybridized carbons (Fsp3) is 0.769. The number of imidazole rings is 1. The number of aryl methyl sites for hydroxylation is 1. The van der Waals surface area contributed by atoms with Crippen LogP contribution in [0.3, 0.4) is 0 Å². The van der Waals surface area contributed by atoms with E-state index in [4.69, 9.17) is 4.74 Å². The molecule has 0 amide bonds. The average molecular weight is 238 g/mol. The number of nitrogens with zero attached hydrogens (tertiary/aromatic N) is 2. The number of hydrogen-bond donors (Lipinski definition) is 1. The maximum absolute atomic E-state index is 10.4. The third-order valence-electron chi connectivity index (χ3n) is 4.01. The largest absolute Gasteiger partial charge is 0.390 e. The Morgan fingerprint density at radius 1 is 1.47 bits per heavy atom. The van der Waals surface area contributed by atoms with Crippen LogP contribution in [-0.2, 0) is 18.2 Å². The Kier molecular flexibility index (Phi) is 3.84. The minimum atomic E-state index is -0.464. The molecule has 96 valence electrons. The quantitative estimate of drug-likeness (QED) is 0.868. The van der Waals surface area contributed by atoms with Gasteiger partial charge in [0.2, 0.25) is 0 Å². The van der Waals surface area contributed by atoms with E-state index in [9.17, 15) is 5.11 Å². The van der Waals surface area contributed by atoms with Gasteiger partial charge < -0.3 is 14.4 Å². The van der Waals surface area contributed by atoms with Gasteiger partial charge in [-0.25, -0.2) is 4.98 Å². The second kappa shape index (κ2) is 5.19. The molecule has 1 aliphatic carbocycles. The summed E-state index contributed by atoms with van der Waals surface area (Å²) in [6.07, 6.45) is 9.22. The first-order valence-corrected chi connectivity index (χ1v) is 6.37. The van der Waals surface area contributed by atoms with Crippen LogP contribution in [0.5, 0.6) is 0 Å². The molecule has 1 N–H and O–H groups in total. The van der Waals surface area contributed by atoms with Gasteiger partial charge in [0.15, 0.2) is 0 Å². The number of hydrogen-bond acceptors (Lipinski definition) is 3. The highest BCUT2D eigenvalue weighted by Crippen LogP contribution is 2.35. The van der Waals surface area contributed by atoms with E-state index >= 15 is 0 Å². The van der Waals surface area contributed by atoms with Gasteiger partial charge in [-0.2, -0.15) is 0 Å². The van der Waals surface area contributed by atoms with Crippen molar-refractivity contribution in [1.29, 1.82) is 0 Å². The van der Waals surface area contributed by atoms with E-state index < -0.39 is 6.10 Å².